The Labute approximate surface area is 116 Å². The number of anilines is 1. The van der Waals surface area contributed by atoms with Crippen LogP contribution in [-0.4, -0.2) is 22.8 Å². The third-order valence-corrected chi connectivity index (χ3v) is 4.21. The molecule has 2 amide bonds. The number of aromatic nitrogens is 1. The quantitative estimate of drug-likeness (QED) is 0.893. The van der Waals surface area contributed by atoms with Crippen molar-refractivity contribution in [2.75, 3.05) is 5.32 Å². The predicted octanol–water partition coefficient (Wildman–Crippen LogP) is 2.41. The Hall–Kier alpha value is -1.43. The average molecular weight is 281 g/mol. The van der Waals surface area contributed by atoms with Crippen LogP contribution in [0.15, 0.2) is 5.38 Å². The molecule has 0 aromatic carbocycles. The molecule has 1 saturated carbocycles. The van der Waals surface area contributed by atoms with Crippen LogP contribution in [0.4, 0.5) is 5.13 Å². The molecule has 0 radical (unpaired) electrons. The van der Waals surface area contributed by atoms with E-state index in [1.807, 2.05) is 0 Å². The van der Waals surface area contributed by atoms with Gasteiger partial charge in [-0.3, -0.25) is 9.59 Å². The van der Waals surface area contributed by atoms with Gasteiger partial charge < -0.3 is 10.6 Å². The lowest BCUT2D eigenvalue weighted by Gasteiger charge is -2.29. The summed E-state index contributed by atoms with van der Waals surface area (Å²) in [5, 5.41) is 7.77. The van der Waals surface area contributed by atoms with Crippen LogP contribution >= 0.6 is 11.3 Å². The highest BCUT2D eigenvalue weighted by Gasteiger charge is 2.24. The number of amides is 2. The molecule has 1 heterocycles. The van der Waals surface area contributed by atoms with Crippen molar-refractivity contribution in [3.05, 3.63) is 11.1 Å². The largest absolute Gasteiger partial charge is 0.348 e. The lowest BCUT2D eigenvalue weighted by Crippen LogP contribution is -2.41. The molecule has 1 aromatic rings. The van der Waals surface area contributed by atoms with E-state index in [1.165, 1.54) is 37.5 Å². The number of carbonyl (C=O) groups is 2. The van der Waals surface area contributed by atoms with E-state index < -0.39 is 0 Å². The minimum atomic E-state index is -0.179. The second-order valence-corrected chi connectivity index (χ2v) is 5.92. The molecule has 2 atom stereocenters. The SMILES string of the molecule is CC(=O)Nc1nc(C(=O)NC2CCCCC2C)cs1. The molecule has 2 unspecified atom stereocenters. The van der Waals surface area contributed by atoms with E-state index in [4.69, 9.17) is 0 Å². The number of carbonyl (C=O) groups excluding carboxylic acids is 2. The van der Waals surface area contributed by atoms with Crippen LogP contribution < -0.4 is 10.6 Å². The van der Waals surface area contributed by atoms with Crippen LogP contribution in [-0.2, 0) is 4.79 Å². The van der Waals surface area contributed by atoms with E-state index in [-0.39, 0.29) is 17.9 Å². The molecule has 0 saturated heterocycles. The van der Waals surface area contributed by atoms with Gasteiger partial charge >= 0.3 is 0 Å². The molecule has 5 nitrogen and oxygen atoms in total. The van der Waals surface area contributed by atoms with Crippen molar-refractivity contribution >= 4 is 28.3 Å². The van der Waals surface area contributed by atoms with Crippen LogP contribution in [0, 0.1) is 5.92 Å². The van der Waals surface area contributed by atoms with E-state index in [1.54, 1.807) is 5.38 Å². The predicted molar refractivity (Wildman–Crippen MR) is 75.3 cm³/mol. The van der Waals surface area contributed by atoms with E-state index in [9.17, 15) is 9.59 Å². The summed E-state index contributed by atoms with van der Waals surface area (Å²) in [6.07, 6.45) is 4.62. The van der Waals surface area contributed by atoms with Crippen LogP contribution in [0.25, 0.3) is 0 Å². The zero-order chi connectivity index (χ0) is 13.8. The molecular weight excluding hydrogens is 262 g/mol. The van der Waals surface area contributed by atoms with Gasteiger partial charge in [-0.15, -0.1) is 11.3 Å². The van der Waals surface area contributed by atoms with E-state index in [0.717, 1.165) is 6.42 Å². The van der Waals surface area contributed by atoms with Crippen LogP contribution in [0.3, 0.4) is 0 Å². The van der Waals surface area contributed by atoms with Gasteiger partial charge in [-0.1, -0.05) is 19.8 Å². The zero-order valence-corrected chi connectivity index (χ0v) is 12.0. The van der Waals surface area contributed by atoms with Crippen molar-refractivity contribution in [3.63, 3.8) is 0 Å². The fourth-order valence-corrected chi connectivity index (χ4v) is 3.10. The van der Waals surface area contributed by atoms with Crippen molar-refractivity contribution in [1.29, 1.82) is 0 Å². The second kappa shape index (κ2) is 6.14. The van der Waals surface area contributed by atoms with Crippen LogP contribution in [0.2, 0.25) is 0 Å². The molecule has 1 aromatic heterocycles. The first-order chi connectivity index (χ1) is 9.06. The van der Waals surface area contributed by atoms with Gasteiger partial charge in [-0.05, 0) is 18.8 Å². The molecule has 0 aliphatic heterocycles. The molecular formula is C13H19N3O2S. The monoisotopic (exact) mass is 281 g/mol. The Balaban J connectivity index is 1.95. The lowest BCUT2D eigenvalue weighted by molar-refractivity contribution is -0.114. The third kappa shape index (κ3) is 3.76. The minimum Gasteiger partial charge on any atom is -0.348 e. The molecule has 104 valence electrons. The number of hydrogen-bond acceptors (Lipinski definition) is 4. The van der Waals surface area contributed by atoms with Gasteiger partial charge in [-0.2, -0.15) is 0 Å². The summed E-state index contributed by atoms with van der Waals surface area (Å²) in [5.41, 5.74) is 0.381. The maximum absolute atomic E-state index is 12.1. The van der Waals surface area contributed by atoms with Crippen molar-refractivity contribution < 1.29 is 9.59 Å². The number of thiazole rings is 1. The summed E-state index contributed by atoms with van der Waals surface area (Å²) in [7, 11) is 0. The molecule has 2 rings (SSSR count). The summed E-state index contributed by atoms with van der Waals surface area (Å²) in [6.45, 7) is 3.60. The van der Waals surface area contributed by atoms with Gasteiger partial charge in [-0.25, -0.2) is 4.98 Å². The van der Waals surface area contributed by atoms with Gasteiger partial charge in [0.1, 0.15) is 5.69 Å². The van der Waals surface area contributed by atoms with E-state index >= 15 is 0 Å². The maximum Gasteiger partial charge on any atom is 0.271 e. The number of hydrogen-bond donors (Lipinski definition) is 2. The first kappa shape index (κ1) is 14.0. The maximum atomic E-state index is 12.1. The third-order valence-electron chi connectivity index (χ3n) is 3.45. The average Bonchev–Trinajstić information content (AvgIpc) is 2.79. The van der Waals surface area contributed by atoms with Crippen LogP contribution in [0.1, 0.15) is 50.0 Å². The number of nitrogens with zero attached hydrogens (tertiary/aromatic N) is 1. The fraction of sp³-hybridized carbons (Fsp3) is 0.615. The molecule has 1 fully saturated rings. The molecule has 6 heteroatoms. The summed E-state index contributed by atoms with van der Waals surface area (Å²) < 4.78 is 0. The molecule has 0 bridgehead atoms. The van der Waals surface area contributed by atoms with Gasteiger partial charge in [0, 0.05) is 18.3 Å². The van der Waals surface area contributed by atoms with Crippen LogP contribution in [0.5, 0.6) is 0 Å². The zero-order valence-electron chi connectivity index (χ0n) is 11.2. The standard InChI is InChI=1S/C13H19N3O2S/c1-8-5-3-4-6-10(8)15-12(18)11-7-19-13(16-11)14-9(2)17/h7-8,10H,3-6H2,1-2H3,(H,15,18)(H,14,16,17). The van der Waals surface area contributed by atoms with Crippen molar-refractivity contribution in [1.82, 2.24) is 10.3 Å². The van der Waals surface area contributed by atoms with E-state index in [2.05, 4.69) is 22.5 Å². The van der Waals surface area contributed by atoms with Gasteiger partial charge in [0.25, 0.3) is 5.91 Å². The van der Waals surface area contributed by atoms with Crippen molar-refractivity contribution in [2.45, 2.75) is 45.6 Å². The number of rotatable bonds is 3. The Bertz CT molecular complexity index is 472. The highest BCUT2D eigenvalue weighted by molar-refractivity contribution is 7.14. The fourth-order valence-electron chi connectivity index (χ4n) is 2.36. The molecule has 0 spiro atoms. The summed E-state index contributed by atoms with van der Waals surface area (Å²) in [6, 6.07) is 0.243. The summed E-state index contributed by atoms with van der Waals surface area (Å²) in [5.74, 6) is 0.194. The van der Waals surface area contributed by atoms with Gasteiger partial charge in [0.2, 0.25) is 5.91 Å². The molecule has 19 heavy (non-hydrogen) atoms. The molecule has 1 aliphatic rings. The first-order valence-corrected chi connectivity index (χ1v) is 7.48. The summed E-state index contributed by atoms with van der Waals surface area (Å²) >= 11 is 1.27. The Kier molecular flexibility index (Phi) is 4.52. The smallest absolute Gasteiger partial charge is 0.271 e. The Morgan fingerprint density at radius 2 is 2.11 bits per heavy atom. The van der Waals surface area contributed by atoms with Gasteiger partial charge in [0.05, 0.1) is 0 Å². The van der Waals surface area contributed by atoms with Crippen molar-refractivity contribution in [2.24, 2.45) is 5.92 Å². The molecule has 1 aliphatic carbocycles. The highest BCUT2D eigenvalue weighted by atomic mass is 32.1. The normalized spacial score (nSPS) is 22.8. The topological polar surface area (TPSA) is 71.1 Å². The highest BCUT2D eigenvalue weighted by Crippen LogP contribution is 2.24. The summed E-state index contributed by atoms with van der Waals surface area (Å²) in [4.78, 5) is 27.1. The van der Waals surface area contributed by atoms with E-state index in [0.29, 0.717) is 16.7 Å². The van der Waals surface area contributed by atoms with Gasteiger partial charge in [0.15, 0.2) is 5.13 Å². The number of nitrogens with one attached hydrogen (secondary N) is 2. The Morgan fingerprint density at radius 1 is 1.37 bits per heavy atom. The second-order valence-electron chi connectivity index (χ2n) is 5.06. The first-order valence-electron chi connectivity index (χ1n) is 6.60. The molecule has 2 N–H and O–H groups in total. The lowest BCUT2D eigenvalue weighted by atomic mass is 9.86. The van der Waals surface area contributed by atoms with Crippen molar-refractivity contribution in [3.8, 4) is 0 Å². The Morgan fingerprint density at radius 3 is 2.79 bits per heavy atom. The minimum absolute atomic E-state index is 0.147.